The lowest BCUT2D eigenvalue weighted by atomic mass is 10.2. The van der Waals surface area contributed by atoms with Crippen LogP contribution in [0.2, 0.25) is 0 Å². The van der Waals surface area contributed by atoms with Crippen LogP contribution < -0.4 is 0 Å². The number of carbonyl (C=O) groups excluding carboxylic acids is 1. The van der Waals surface area contributed by atoms with Crippen LogP contribution in [-0.2, 0) is 4.79 Å². The van der Waals surface area contributed by atoms with Gasteiger partial charge in [-0.1, -0.05) is 0 Å². The van der Waals surface area contributed by atoms with E-state index in [4.69, 9.17) is 0 Å². The standard InChI is InChI=1S/C9H18N2O2/c1-6(2)10-7(3)5-9(13)11(10)8(4)12/h6-7,9,13H,5H2,1-4H3/t7-,9-/m0/s1. The van der Waals surface area contributed by atoms with E-state index in [0.29, 0.717) is 6.42 Å². The van der Waals surface area contributed by atoms with Crippen LogP contribution in [0, 0.1) is 0 Å². The van der Waals surface area contributed by atoms with Crippen molar-refractivity contribution in [3.05, 3.63) is 0 Å². The molecule has 4 heteroatoms. The third-order valence-corrected chi connectivity index (χ3v) is 2.39. The number of carbonyl (C=O) groups is 1. The molecule has 0 saturated carbocycles. The monoisotopic (exact) mass is 186 g/mol. The highest BCUT2D eigenvalue weighted by atomic mass is 16.3. The lowest BCUT2D eigenvalue weighted by Gasteiger charge is -2.34. The maximum Gasteiger partial charge on any atom is 0.236 e. The first-order valence-corrected chi connectivity index (χ1v) is 4.71. The van der Waals surface area contributed by atoms with E-state index >= 15 is 0 Å². The molecule has 1 fully saturated rings. The minimum Gasteiger partial charge on any atom is -0.372 e. The normalized spacial score (nSPS) is 30.2. The van der Waals surface area contributed by atoms with Crippen LogP contribution in [-0.4, -0.2) is 39.3 Å². The Morgan fingerprint density at radius 3 is 2.38 bits per heavy atom. The number of aliphatic hydroxyl groups excluding tert-OH is 1. The Hall–Kier alpha value is -0.610. The zero-order chi connectivity index (χ0) is 10.2. The number of nitrogens with zero attached hydrogens (tertiary/aromatic N) is 2. The topological polar surface area (TPSA) is 43.8 Å². The van der Waals surface area contributed by atoms with Crippen molar-refractivity contribution >= 4 is 5.91 Å². The maximum atomic E-state index is 11.2. The van der Waals surface area contributed by atoms with E-state index in [1.165, 1.54) is 11.9 Å². The van der Waals surface area contributed by atoms with E-state index in [2.05, 4.69) is 0 Å². The molecule has 0 aromatic carbocycles. The van der Waals surface area contributed by atoms with Crippen molar-refractivity contribution in [2.24, 2.45) is 0 Å². The number of amides is 1. The molecule has 0 spiro atoms. The van der Waals surface area contributed by atoms with Crippen molar-refractivity contribution in [2.45, 2.75) is 52.4 Å². The van der Waals surface area contributed by atoms with Crippen LogP contribution in [0.5, 0.6) is 0 Å². The Kier molecular flexibility index (Phi) is 2.93. The summed E-state index contributed by atoms with van der Waals surface area (Å²) in [4.78, 5) is 11.2. The SMILES string of the molecule is CC(=O)N1[C@@H](O)C[C@H](C)N1C(C)C. The third kappa shape index (κ3) is 1.84. The Labute approximate surface area is 79.1 Å². The molecule has 1 aliphatic rings. The lowest BCUT2D eigenvalue weighted by Crippen LogP contribution is -2.49. The van der Waals surface area contributed by atoms with Gasteiger partial charge in [0, 0.05) is 25.4 Å². The number of hydrogen-bond donors (Lipinski definition) is 1. The largest absolute Gasteiger partial charge is 0.372 e. The van der Waals surface area contributed by atoms with Crippen LogP contribution in [0.1, 0.15) is 34.1 Å². The Morgan fingerprint density at radius 2 is 2.08 bits per heavy atom. The van der Waals surface area contributed by atoms with Crippen LogP contribution in [0.4, 0.5) is 0 Å². The first-order valence-electron chi connectivity index (χ1n) is 4.71. The van der Waals surface area contributed by atoms with E-state index in [-0.39, 0.29) is 18.0 Å². The van der Waals surface area contributed by atoms with E-state index < -0.39 is 6.23 Å². The molecule has 0 aromatic rings. The van der Waals surface area contributed by atoms with Crippen molar-refractivity contribution in [1.29, 1.82) is 0 Å². The summed E-state index contributed by atoms with van der Waals surface area (Å²) in [6, 6.07) is 0.481. The van der Waals surface area contributed by atoms with E-state index in [1.54, 1.807) is 0 Å². The predicted molar refractivity (Wildman–Crippen MR) is 49.6 cm³/mol. The van der Waals surface area contributed by atoms with Gasteiger partial charge in [-0.05, 0) is 20.8 Å². The van der Waals surface area contributed by atoms with E-state index in [9.17, 15) is 9.90 Å². The minimum atomic E-state index is -0.644. The van der Waals surface area contributed by atoms with Crippen molar-refractivity contribution in [3.8, 4) is 0 Å². The second kappa shape index (κ2) is 3.64. The molecule has 1 amide bonds. The highest BCUT2D eigenvalue weighted by Gasteiger charge is 2.38. The minimum absolute atomic E-state index is 0.0921. The quantitative estimate of drug-likeness (QED) is 0.651. The fourth-order valence-electron chi connectivity index (χ4n) is 2.01. The average molecular weight is 186 g/mol. The summed E-state index contributed by atoms with van der Waals surface area (Å²) < 4.78 is 0. The summed E-state index contributed by atoms with van der Waals surface area (Å²) in [5, 5.41) is 13.0. The summed E-state index contributed by atoms with van der Waals surface area (Å²) in [5.74, 6) is -0.0921. The molecule has 0 unspecified atom stereocenters. The summed E-state index contributed by atoms with van der Waals surface area (Å²) >= 11 is 0. The van der Waals surface area contributed by atoms with Crippen molar-refractivity contribution < 1.29 is 9.90 Å². The molecule has 1 N–H and O–H groups in total. The maximum absolute atomic E-state index is 11.2. The van der Waals surface area contributed by atoms with Gasteiger partial charge >= 0.3 is 0 Å². The molecule has 4 nitrogen and oxygen atoms in total. The van der Waals surface area contributed by atoms with E-state index in [0.717, 1.165) is 0 Å². The molecule has 1 rings (SSSR count). The number of hydrazine groups is 1. The fraction of sp³-hybridized carbons (Fsp3) is 0.889. The summed E-state index contributed by atoms with van der Waals surface area (Å²) in [7, 11) is 0. The first kappa shape index (κ1) is 10.5. The summed E-state index contributed by atoms with van der Waals surface area (Å²) in [6.45, 7) is 7.54. The molecule has 0 radical (unpaired) electrons. The molecule has 76 valence electrons. The van der Waals surface area contributed by atoms with Crippen LogP contribution >= 0.6 is 0 Å². The Bertz CT molecular complexity index is 206. The highest BCUT2D eigenvalue weighted by Crippen LogP contribution is 2.25. The Balaban J connectivity index is 2.83. The molecule has 2 atom stereocenters. The summed E-state index contributed by atoms with van der Waals surface area (Å²) in [6.07, 6.45) is -0.00694. The average Bonchev–Trinajstić information content (AvgIpc) is 2.24. The van der Waals surface area contributed by atoms with Crippen molar-refractivity contribution in [3.63, 3.8) is 0 Å². The molecular weight excluding hydrogens is 168 g/mol. The van der Waals surface area contributed by atoms with Gasteiger partial charge in [0.25, 0.3) is 0 Å². The molecule has 1 heterocycles. The van der Waals surface area contributed by atoms with Crippen molar-refractivity contribution in [1.82, 2.24) is 10.0 Å². The Morgan fingerprint density at radius 1 is 1.54 bits per heavy atom. The van der Waals surface area contributed by atoms with Gasteiger partial charge in [-0.15, -0.1) is 0 Å². The number of rotatable bonds is 1. The molecule has 1 aliphatic heterocycles. The molecule has 0 bridgehead atoms. The molecule has 13 heavy (non-hydrogen) atoms. The van der Waals surface area contributed by atoms with E-state index in [1.807, 2.05) is 25.8 Å². The zero-order valence-electron chi connectivity index (χ0n) is 8.69. The van der Waals surface area contributed by atoms with Gasteiger partial charge in [-0.2, -0.15) is 0 Å². The fourth-order valence-corrected chi connectivity index (χ4v) is 2.01. The number of hydrogen-bond acceptors (Lipinski definition) is 3. The number of aliphatic hydroxyl groups is 1. The highest BCUT2D eigenvalue weighted by molar-refractivity contribution is 5.73. The van der Waals surface area contributed by atoms with Gasteiger partial charge in [0.2, 0.25) is 5.91 Å². The first-order chi connectivity index (χ1) is 5.95. The predicted octanol–water partition coefficient (Wildman–Crippen LogP) is 0.571. The van der Waals surface area contributed by atoms with Crippen LogP contribution in [0.15, 0.2) is 0 Å². The van der Waals surface area contributed by atoms with Gasteiger partial charge in [-0.25, -0.2) is 10.0 Å². The van der Waals surface area contributed by atoms with Crippen LogP contribution in [0.25, 0.3) is 0 Å². The lowest BCUT2D eigenvalue weighted by molar-refractivity contribution is -0.163. The third-order valence-electron chi connectivity index (χ3n) is 2.39. The smallest absolute Gasteiger partial charge is 0.236 e. The molecule has 0 aromatic heterocycles. The second-order valence-electron chi connectivity index (χ2n) is 3.90. The molecule has 1 saturated heterocycles. The second-order valence-corrected chi connectivity index (χ2v) is 3.90. The molecular formula is C9H18N2O2. The van der Waals surface area contributed by atoms with Crippen molar-refractivity contribution in [2.75, 3.05) is 0 Å². The van der Waals surface area contributed by atoms with Gasteiger partial charge < -0.3 is 5.11 Å². The zero-order valence-corrected chi connectivity index (χ0v) is 8.69. The van der Waals surface area contributed by atoms with Gasteiger partial charge in [-0.3, -0.25) is 4.79 Å². The van der Waals surface area contributed by atoms with Crippen LogP contribution in [0.3, 0.4) is 0 Å². The molecule has 0 aliphatic carbocycles. The van der Waals surface area contributed by atoms with Gasteiger partial charge in [0.15, 0.2) is 0 Å². The summed E-state index contributed by atoms with van der Waals surface area (Å²) in [5.41, 5.74) is 0. The van der Waals surface area contributed by atoms with Gasteiger partial charge in [0.1, 0.15) is 6.23 Å². The van der Waals surface area contributed by atoms with Gasteiger partial charge in [0.05, 0.1) is 0 Å².